The van der Waals surface area contributed by atoms with Gasteiger partial charge in [0.1, 0.15) is 11.6 Å². The number of anilines is 1. The third kappa shape index (κ3) is 11.1. The van der Waals surface area contributed by atoms with Crippen molar-refractivity contribution in [1.29, 1.82) is 0 Å². The number of carbonyl (C=O) groups excluding carboxylic acids is 2. The van der Waals surface area contributed by atoms with Crippen LogP contribution < -0.4 is 10.6 Å². The van der Waals surface area contributed by atoms with Crippen LogP contribution in [0, 0.1) is 24.0 Å². The molecule has 0 saturated heterocycles. The summed E-state index contributed by atoms with van der Waals surface area (Å²) in [7, 11) is -4.25. The standard InChI is InChI=1S/C38H37F5N2O5S/c1-23-19-28(38(41,42)43)13-14-29(23)31-21-33(40)34(22-32(31)39)45-36(47)30(26-9-5-24(6-10-26)15-16-37(2,3)4)20-25-7-11-27(12-8-25)35(46)44-17-18-51(48,49)50/h5-16,19,21-22,30H,17-18,20H2,1-4H3,(H,44,46)(H,45,47)(H,48,49,50)/b16-15+. The third-order valence-electron chi connectivity index (χ3n) is 7.89. The highest BCUT2D eigenvalue weighted by Crippen LogP contribution is 2.36. The molecule has 0 radical (unpaired) electrons. The highest BCUT2D eigenvalue weighted by Gasteiger charge is 2.31. The summed E-state index contributed by atoms with van der Waals surface area (Å²) in [5.74, 6) is -4.77. The zero-order chi connectivity index (χ0) is 37.7. The number of nitrogens with one attached hydrogen (secondary N) is 2. The Bertz CT molecular complexity index is 2040. The lowest BCUT2D eigenvalue weighted by molar-refractivity contribution is -0.137. The molecule has 0 heterocycles. The molecule has 0 aliphatic rings. The van der Waals surface area contributed by atoms with E-state index in [1.54, 1.807) is 24.3 Å². The van der Waals surface area contributed by atoms with E-state index < -0.39 is 62.7 Å². The summed E-state index contributed by atoms with van der Waals surface area (Å²) in [6, 6.07) is 17.6. The smallest absolute Gasteiger partial charge is 0.351 e. The SMILES string of the molecule is Cc1cc(C(F)(F)F)ccc1-c1cc(F)c(NC(=O)C(Cc2ccc(C(=O)NCCS(=O)(=O)O)cc2)c2ccc(/C=C/C(C)(C)C)cc2)cc1F. The molecular formula is C38H37F5N2O5S. The van der Waals surface area contributed by atoms with Gasteiger partial charge in [-0.25, -0.2) is 8.78 Å². The van der Waals surface area contributed by atoms with Gasteiger partial charge in [-0.15, -0.1) is 0 Å². The van der Waals surface area contributed by atoms with Crippen LogP contribution in [0.1, 0.15) is 64.9 Å². The Kier molecular flexibility index (Phi) is 11.9. The van der Waals surface area contributed by atoms with Crippen LogP contribution in [0.3, 0.4) is 0 Å². The summed E-state index contributed by atoms with van der Waals surface area (Å²) < 4.78 is 101. The van der Waals surface area contributed by atoms with Crippen molar-refractivity contribution in [2.24, 2.45) is 5.41 Å². The molecule has 1 atom stereocenters. The topological polar surface area (TPSA) is 113 Å². The van der Waals surface area contributed by atoms with Gasteiger partial charge in [0.25, 0.3) is 16.0 Å². The Morgan fingerprint density at radius 3 is 2.08 bits per heavy atom. The number of benzene rings is 4. The van der Waals surface area contributed by atoms with Crippen LogP contribution >= 0.6 is 0 Å². The Morgan fingerprint density at radius 1 is 0.863 bits per heavy atom. The van der Waals surface area contributed by atoms with Crippen molar-refractivity contribution in [2.75, 3.05) is 17.6 Å². The molecule has 0 aliphatic carbocycles. The van der Waals surface area contributed by atoms with E-state index in [1.165, 1.54) is 19.1 Å². The third-order valence-corrected chi connectivity index (χ3v) is 8.61. The van der Waals surface area contributed by atoms with Gasteiger partial charge in [0.2, 0.25) is 5.91 Å². The molecule has 0 aromatic heterocycles. The molecule has 0 aliphatic heterocycles. The molecule has 4 aromatic carbocycles. The molecule has 3 N–H and O–H groups in total. The van der Waals surface area contributed by atoms with Gasteiger partial charge in [-0.1, -0.05) is 75.4 Å². The van der Waals surface area contributed by atoms with Gasteiger partial charge in [0.05, 0.1) is 22.9 Å². The Morgan fingerprint density at radius 2 is 1.51 bits per heavy atom. The zero-order valence-corrected chi connectivity index (χ0v) is 29.1. The van der Waals surface area contributed by atoms with Crippen molar-refractivity contribution in [3.05, 3.63) is 130 Å². The highest BCUT2D eigenvalue weighted by molar-refractivity contribution is 7.85. The van der Waals surface area contributed by atoms with E-state index >= 15 is 8.78 Å². The van der Waals surface area contributed by atoms with Gasteiger partial charge in [-0.3, -0.25) is 14.1 Å². The quantitative estimate of drug-likeness (QED) is 0.106. The number of hydrogen-bond donors (Lipinski definition) is 3. The van der Waals surface area contributed by atoms with Gasteiger partial charge >= 0.3 is 6.18 Å². The van der Waals surface area contributed by atoms with Crippen LogP contribution in [0.5, 0.6) is 0 Å². The van der Waals surface area contributed by atoms with Crippen LogP contribution in [-0.4, -0.2) is 37.1 Å². The van der Waals surface area contributed by atoms with E-state index in [4.69, 9.17) is 4.55 Å². The maximum absolute atomic E-state index is 15.4. The van der Waals surface area contributed by atoms with Crippen molar-refractivity contribution in [3.8, 4) is 11.1 Å². The number of halogens is 5. The Labute approximate surface area is 293 Å². The highest BCUT2D eigenvalue weighted by atomic mass is 32.2. The molecule has 1 unspecified atom stereocenters. The number of hydrogen-bond acceptors (Lipinski definition) is 4. The van der Waals surface area contributed by atoms with Gasteiger partial charge in [0.15, 0.2) is 0 Å². The Hall–Kier alpha value is -4.88. The van der Waals surface area contributed by atoms with Crippen molar-refractivity contribution in [3.63, 3.8) is 0 Å². The molecule has 0 spiro atoms. The number of aryl methyl sites for hydroxylation is 1. The van der Waals surface area contributed by atoms with E-state index in [-0.39, 0.29) is 40.6 Å². The predicted octanol–water partition coefficient (Wildman–Crippen LogP) is 8.60. The average molecular weight is 729 g/mol. The molecule has 4 aromatic rings. The molecule has 51 heavy (non-hydrogen) atoms. The molecule has 13 heteroatoms. The molecule has 0 bridgehead atoms. The monoisotopic (exact) mass is 728 g/mol. The molecule has 2 amide bonds. The molecule has 0 fully saturated rings. The summed E-state index contributed by atoms with van der Waals surface area (Å²) in [5.41, 5.74) is 0.671. The Balaban J connectivity index is 1.61. The van der Waals surface area contributed by atoms with Gasteiger partial charge in [-0.2, -0.15) is 21.6 Å². The number of alkyl halides is 3. The summed E-state index contributed by atoms with van der Waals surface area (Å²) >= 11 is 0. The van der Waals surface area contributed by atoms with Crippen molar-refractivity contribution >= 4 is 33.7 Å². The van der Waals surface area contributed by atoms with Crippen LogP contribution in [0.25, 0.3) is 17.2 Å². The average Bonchev–Trinajstić information content (AvgIpc) is 3.03. The van der Waals surface area contributed by atoms with Gasteiger partial charge < -0.3 is 10.6 Å². The first-order valence-electron chi connectivity index (χ1n) is 15.8. The number of rotatable bonds is 11. The first kappa shape index (κ1) is 38.9. The first-order valence-corrected chi connectivity index (χ1v) is 17.4. The van der Waals surface area contributed by atoms with Gasteiger partial charge in [-0.05, 0) is 76.9 Å². The van der Waals surface area contributed by atoms with Crippen molar-refractivity contribution in [2.45, 2.75) is 46.2 Å². The lowest BCUT2D eigenvalue weighted by Crippen LogP contribution is -2.28. The summed E-state index contributed by atoms with van der Waals surface area (Å²) in [6.07, 6.45) is -0.553. The van der Waals surface area contributed by atoms with Crippen LogP contribution in [-0.2, 0) is 27.5 Å². The summed E-state index contributed by atoms with van der Waals surface area (Å²) in [4.78, 5) is 26.2. The van der Waals surface area contributed by atoms with Crippen LogP contribution in [0.15, 0.2) is 84.9 Å². The second kappa shape index (κ2) is 15.6. The molecule has 0 saturated carbocycles. The summed E-state index contributed by atoms with van der Waals surface area (Å²) in [6.45, 7) is 7.20. The summed E-state index contributed by atoms with van der Waals surface area (Å²) in [5, 5.41) is 4.85. The largest absolute Gasteiger partial charge is 0.416 e. The second-order valence-corrected chi connectivity index (χ2v) is 14.8. The second-order valence-electron chi connectivity index (χ2n) is 13.2. The normalized spacial score (nSPS) is 12.9. The van der Waals surface area contributed by atoms with E-state index in [0.29, 0.717) is 11.1 Å². The fourth-order valence-corrected chi connectivity index (χ4v) is 5.54. The fraction of sp³-hybridized carbons (Fsp3) is 0.263. The van der Waals surface area contributed by atoms with E-state index in [2.05, 4.69) is 10.6 Å². The lowest BCUT2D eigenvalue weighted by atomic mass is 9.89. The minimum atomic E-state index is -4.61. The van der Waals surface area contributed by atoms with E-state index in [9.17, 15) is 31.2 Å². The zero-order valence-electron chi connectivity index (χ0n) is 28.2. The molecular weight excluding hydrogens is 691 g/mol. The molecule has 270 valence electrons. The first-order chi connectivity index (χ1) is 23.7. The number of carbonyl (C=O) groups is 2. The minimum absolute atomic E-state index is 0.0614. The van der Waals surface area contributed by atoms with Crippen LogP contribution in [0.4, 0.5) is 27.6 Å². The number of amides is 2. The molecule has 4 rings (SSSR count). The predicted molar refractivity (Wildman–Crippen MR) is 187 cm³/mol. The van der Waals surface area contributed by atoms with Crippen LogP contribution in [0.2, 0.25) is 0 Å². The maximum atomic E-state index is 15.4. The van der Waals surface area contributed by atoms with Crippen molar-refractivity contribution in [1.82, 2.24) is 5.32 Å². The van der Waals surface area contributed by atoms with Gasteiger partial charge in [0, 0.05) is 23.7 Å². The maximum Gasteiger partial charge on any atom is 0.416 e. The molecule has 7 nitrogen and oxygen atoms in total. The van der Waals surface area contributed by atoms with E-state index in [1.807, 2.05) is 45.1 Å². The van der Waals surface area contributed by atoms with E-state index in [0.717, 1.165) is 35.9 Å². The fourth-order valence-electron chi connectivity index (χ4n) is 5.18. The number of allylic oxidation sites excluding steroid dienone is 1. The lowest BCUT2D eigenvalue weighted by Gasteiger charge is -2.19. The van der Waals surface area contributed by atoms with Crippen molar-refractivity contribution < 1.29 is 44.5 Å². The minimum Gasteiger partial charge on any atom is -0.351 e.